The van der Waals surface area contributed by atoms with Crippen molar-refractivity contribution in [2.24, 2.45) is 23.7 Å². The first-order valence-corrected chi connectivity index (χ1v) is 17.3. The summed E-state index contributed by atoms with van der Waals surface area (Å²) in [6, 6.07) is -0.685. The molecule has 3 heterocycles. The van der Waals surface area contributed by atoms with Gasteiger partial charge in [0.15, 0.2) is 0 Å². The molecular weight excluding hydrogens is 620 g/mol. The van der Waals surface area contributed by atoms with E-state index < -0.39 is 88.3 Å². The van der Waals surface area contributed by atoms with Gasteiger partial charge in [0.2, 0.25) is 27.7 Å². The molecule has 11 nitrogen and oxygen atoms in total. The van der Waals surface area contributed by atoms with E-state index in [1.807, 2.05) is 6.07 Å². The molecule has 16 heteroatoms. The molecule has 5 rings (SSSR count). The van der Waals surface area contributed by atoms with Crippen molar-refractivity contribution in [3.05, 3.63) is 11.6 Å². The molecule has 0 aromatic rings. The summed E-state index contributed by atoms with van der Waals surface area (Å²) in [5.41, 5.74) is 0.171. The highest BCUT2D eigenvalue weighted by Gasteiger charge is 2.56. The molecule has 250 valence electrons. The largest absolute Gasteiger partial charge is 0.393 e. The van der Waals surface area contributed by atoms with Crippen LogP contribution in [0, 0.1) is 35.0 Å². The van der Waals surface area contributed by atoms with Crippen molar-refractivity contribution in [2.75, 3.05) is 45.0 Å². The highest BCUT2D eigenvalue weighted by molar-refractivity contribution is 7.89. The average Bonchev–Trinajstić information content (AvgIpc) is 3.47. The summed E-state index contributed by atoms with van der Waals surface area (Å²) in [5.74, 6) is -6.30. The Balaban J connectivity index is 1.32. The summed E-state index contributed by atoms with van der Waals surface area (Å²) < 4.78 is 84.0. The number of carbonyl (C=O) groups is 3. The van der Waals surface area contributed by atoms with Crippen LogP contribution in [0.5, 0.6) is 0 Å². The number of hydrogen-bond acceptors (Lipinski definition) is 7. The molecule has 0 spiro atoms. The SMILES string of the molecule is CCS(=O)(=O)N1CCN(C(=O)C2CC(C#N)CC(C(F)(F)F)C2N2CC[C@@H](NC(=O)C3=CC(=O)NC4C(F)CCCC34)C2)CC1. The van der Waals surface area contributed by atoms with E-state index in [2.05, 4.69) is 10.6 Å². The molecule has 2 saturated carbocycles. The summed E-state index contributed by atoms with van der Waals surface area (Å²) in [6.07, 6.45) is -3.61. The molecule has 2 aliphatic carbocycles. The van der Waals surface area contributed by atoms with Gasteiger partial charge in [0.05, 0.1) is 29.7 Å². The normalized spacial score (nSPS) is 35.2. The van der Waals surface area contributed by atoms with Crippen molar-refractivity contribution >= 4 is 27.7 Å². The van der Waals surface area contributed by atoms with Gasteiger partial charge in [0.25, 0.3) is 0 Å². The van der Waals surface area contributed by atoms with E-state index in [0.29, 0.717) is 19.3 Å². The minimum atomic E-state index is -4.69. The third-order valence-electron chi connectivity index (χ3n) is 10.2. The number of halogens is 4. The van der Waals surface area contributed by atoms with Gasteiger partial charge < -0.3 is 15.5 Å². The van der Waals surface area contributed by atoms with Gasteiger partial charge in [-0.3, -0.25) is 19.3 Å². The Morgan fingerprint density at radius 2 is 1.82 bits per heavy atom. The van der Waals surface area contributed by atoms with E-state index in [0.717, 1.165) is 0 Å². The van der Waals surface area contributed by atoms with Crippen LogP contribution >= 0.6 is 0 Å². The highest BCUT2D eigenvalue weighted by Crippen LogP contribution is 2.46. The number of rotatable bonds is 6. The maximum absolute atomic E-state index is 14.6. The Morgan fingerprint density at radius 3 is 2.47 bits per heavy atom. The standard InChI is InChI=1S/C29H40F4N6O5S/c1-2-45(43,44)39-10-8-37(9-11-39)28(42)21-12-17(15-34)13-22(29(31,32)33)26(21)38-7-6-18(16-38)35-27(41)20-14-24(40)36-25-19(20)4-3-5-23(25)30/h14,17-19,21-23,25-26H,2-13,16H2,1H3,(H,35,41)(H,36,40)/t17?,18-,19?,21?,22?,23?,25?,26?/m1/s1. The van der Waals surface area contributed by atoms with Crippen LogP contribution in [0.3, 0.4) is 0 Å². The van der Waals surface area contributed by atoms with Crippen molar-refractivity contribution in [1.29, 1.82) is 5.26 Å². The van der Waals surface area contributed by atoms with Gasteiger partial charge in [0.1, 0.15) is 6.17 Å². The van der Waals surface area contributed by atoms with Crippen molar-refractivity contribution in [2.45, 2.75) is 75.9 Å². The fourth-order valence-electron chi connectivity index (χ4n) is 7.88. The molecular formula is C29H40F4N6O5S. The van der Waals surface area contributed by atoms with E-state index in [9.17, 15) is 45.6 Å². The number of nitriles is 1. The number of nitrogens with one attached hydrogen (secondary N) is 2. The molecule has 0 aromatic heterocycles. The number of fused-ring (bicyclic) bond motifs is 1. The van der Waals surface area contributed by atoms with Crippen LogP contribution in [-0.2, 0) is 24.4 Å². The molecule has 8 atom stereocenters. The lowest BCUT2D eigenvalue weighted by Crippen LogP contribution is -2.60. The van der Waals surface area contributed by atoms with Crippen LogP contribution in [0.2, 0.25) is 0 Å². The first kappa shape index (κ1) is 33.6. The molecule has 4 fully saturated rings. The molecule has 3 aliphatic heterocycles. The van der Waals surface area contributed by atoms with Gasteiger partial charge in [-0.05, 0) is 45.4 Å². The van der Waals surface area contributed by atoms with E-state index in [-0.39, 0.29) is 63.4 Å². The predicted molar refractivity (Wildman–Crippen MR) is 153 cm³/mol. The van der Waals surface area contributed by atoms with Crippen molar-refractivity contribution < 1.29 is 40.4 Å². The van der Waals surface area contributed by atoms with E-state index in [1.54, 1.807) is 4.90 Å². The first-order valence-electron chi connectivity index (χ1n) is 15.7. The Labute approximate surface area is 260 Å². The quantitative estimate of drug-likeness (QED) is 0.410. The lowest BCUT2D eigenvalue weighted by molar-refractivity contribution is -0.209. The molecule has 45 heavy (non-hydrogen) atoms. The monoisotopic (exact) mass is 660 g/mol. The van der Waals surface area contributed by atoms with Gasteiger partial charge in [-0.25, -0.2) is 12.8 Å². The molecule has 0 radical (unpaired) electrons. The fourth-order valence-corrected chi connectivity index (χ4v) is 8.96. The zero-order chi connectivity index (χ0) is 32.7. The molecule has 0 bridgehead atoms. The van der Waals surface area contributed by atoms with Gasteiger partial charge >= 0.3 is 6.18 Å². The van der Waals surface area contributed by atoms with Crippen molar-refractivity contribution in [3.8, 4) is 6.07 Å². The number of sulfonamides is 1. The number of nitrogens with zero attached hydrogens (tertiary/aromatic N) is 4. The van der Waals surface area contributed by atoms with Crippen LogP contribution in [0.1, 0.15) is 45.4 Å². The summed E-state index contributed by atoms with van der Waals surface area (Å²) >= 11 is 0. The molecule has 2 saturated heterocycles. The molecule has 0 aromatic carbocycles. The zero-order valence-electron chi connectivity index (χ0n) is 25.1. The summed E-state index contributed by atoms with van der Waals surface area (Å²) in [7, 11) is -3.48. The third-order valence-corrected chi connectivity index (χ3v) is 12.1. The van der Waals surface area contributed by atoms with Crippen molar-refractivity contribution in [3.63, 3.8) is 0 Å². The Kier molecular flexibility index (Phi) is 9.82. The van der Waals surface area contributed by atoms with Crippen LogP contribution in [0.15, 0.2) is 11.6 Å². The summed E-state index contributed by atoms with van der Waals surface area (Å²) in [5, 5.41) is 15.1. The van der Waals surface area contributed by atoms with E-state index in [1.165, 1.54) is 22.2 Å². The van der Waals surface area contributed by atoms with Gasteiger partial charge in [-0.1, -0.05) is 0 Å². The third kappa shape index (κ3) is 7.00. The van der Waals surface area contributed by atoms with Crippen LogP contribution in [-0.4, -0.2) is 116 Å². The number of amides is 3. The van der Waals surface area contributed by atoms with E-state index >= 15 is 0 Å². The molecule has 2 N–H and O–H groups in total. The van der Waals surface area contributed by atoms with Gasteiger partial charge in [-0.15, -0.1) is 0 Å². The van der Waals surface area contributed by atoms with Crippen LogP contribution in [0.25, 0.3) is 0 Å². The number of carbonyl (C=O) groups excluding carboxylic acids is 3. The molecule has 5 aliphatic rings. The second kappa shape index (κ2) is 13.2. The fraction of sp³-hybridized carbons (Fsp3) is 0.793. The zero-order valence-corrected chi connectivity index (χ0v) is 26.0. The van der Waals surface area contributed by atoms with Crippen LogP contribution in [0.4, 0.5) is 17.6 Å². The Hall–Kier alpha value is -2.77. The average molecular weight is 661 g/mol. The Morgan fingerprint density at radius 1 is 1.11 bits per heavy atom. The van der Waals surface area contributed by atoms with Crippen LogP contribution < -0.4 is 10.6 Å². The van der Waals surface area contributed by atoms with E-state index in [4.69, 9.17) is 0 Å². The minimum absolute atomic E-state index is 0.0335. The highest BCUT2D eigenvalue weighted by atomic mass is 32.2. The number of likely N-dealkylation sites (tertiary alicyclic amines) is 1. The van der Waals surface area contributed by atoms with Crippen molar-refractivity contribution in [1.82, 2.24) is 24.7 Å². The number of piperazine rings is 1. The molecule has 7 unspecified atom stereocenters. The minimum Gasteiger partial charge on any atom is -0.348 e. The lowest BCUT2D eigenvalue weighted by Gasteiger charge is -2.46. The second-order valence-electron chi connectivity index (χ2n) is 12.8. The maximum atomic E-state index is 14.6. The van der Waals surface area contributed by atoms with Gasteiger partial charge in [0, 0.05) is 74.8 Å². The summed E-state index contributed by atoms with van der Waals surface area (Å²) in [6.45, 7) is 1.88. The predicted octanol–water partition coefficient (Wildman–Crippen LogP) is 1.33. The maximum Gasteiger partial charge on any atom is 0.393 e. The van der Waals surface area contributed by atoms with Gasteiger partial charge in [-0.2, -0.15) is 22.7 Å². The number of alkyl halides is 4. The Bertz CT molecular complexity index is 1350. The smallest absolute Gasteiger partial charge is 0.348 e. The first-order chi connectivity index (χ1) is 21.2. The number of hydrogen-bond donors (Lipinski definition) is 2. The topological polar surface area (TPSA) is 143 Å². The lowest BCUT2D eigenvalue weighted by atomic mass is 9.70. The summed E-state index contributed by atoms with van der Waals surface area (Å²) in [4.78, 5) is 42.4. The second-order valence-corrected chi connectivity index (χ2v) is 15.1. The molecule has 3 amide bonds.